The van der Waals surface area contributed by atoms with Crippen molar-refractivity contribution in [1.82, 2.24) is 0 Å². The fourth-order valence-corrected chi connectivity index (χ4v) is 5.26. The maximum atomic E-state index is 12.6. The van der Waals surface area contributed by atoms with Gasteiger partial charge in [-0.25, -0.2) is 0 Å². The number of Topliss-reactive ketones (excluding diaryl/α,β-unsaturated/α-hetero) is 1. The number of halogens is 1. The number of rotatable bonds is 21. The molecule has 7 heteroatoms. The summed E-state index contributed by atoms with van der Waals surface area (Å²) in [6, 6.07) is 5.08. The average Bonchev–Trinajstić information content (AvgIpc) is 2.89. The Labute approximate surface area is 245 Å². The lowest BCUT2D eigenvalue weighted by molar-refractivity contribution is -0.129. The van der Waals surface area contributed by atoms with Crippen molar-refractivity contribution in [3.8, 4) is 5.75 Å². The van der Waals surface area contributed by atoms with Crippen LogP contribution >= 0.6 is 15.9 Å². The first-order chi connectivity index (χ1) is 18.6. The number of anilines is 2. The van der Waals surface area contributed by atoms with Crippen LogP contribution in [0.1, 0.15) is 130 Å². The molecule has 0 aliphatic rings. The molecular formula is C32H53BrN2O4. The third-order valence-electron chi connectivity index (χ3n) is 6.95. The highest BCUT2D eigenvalue weighted by molar-refractivity contribution is 9.10. The van der Waals surface area contributed by atoms with Gasteiger partial charge in [-0.2, -0.15) is 0 Å². The molecule has 1 unspecified atom stereocenters. The maximum Gasteiger partial charge on any atom is 0.245 e. The van der Waals surface area contributed by atoms with Gasteiger partial charge in [-0.3, -0.25) is 14.4 Å². The van der Waals surface area contributed by atoms with Crippen molar-refractivity contribution >= 4 is 44.9 Å². The Hall–Kier alpha value is -1.89. The largest absolute Gasteiger partial charge is 0.495 e. The van der Waals surface area contributed by atoms with E-state index in [0.29, 0.717) is 23.5 Å². The van der Waals surface area contributed by atoms with E-state index in [4.69, 9.17) is 4.74 Å². The number of hydrogen-bond donors (Lipinski definition) is 2. The van der Waals surface area contributed by atoms with E-state index in [-0.39, 0.29) is 11.7 Å². The second-order valence-electron chi connectivity index (χ2n) is 11.6. The van der Waals surface area contributed by atoms with Crippen LogP contribution < -0.4 is 15.4 Å². The van der Waals surface area contributed by atoms with Gasteiger partial charge in [0.1, 0.15) is 5.75 Å². The van der Waals surface area contributed by atoms with Crippen molar-refractivity contribution < 1.29 is 19.1 Å². The molecular weight excluding hydrogens is 556 g/mol. The van der Waals surface area contributed by atoms with E-state index in [1.807, 2.05) is 0 Å². The Bertz CT molecular complexity index is 866. The predicted molar refractivity (Wildman–Crippen MR) is 167 cm³/mol. The van der Waals surface area contributed by atoms with Gasteiger partial charge in [-0.15, -0.1) is 0 Å². The summed E-state index contributed by atoms with van der Waals surface area (Å²) in [4.78, 5) is 36.6. The van der Waals surface area contributed by atoms with Crippen LogP contribution in [0.3, 0.4) is 0 Å². The fourth-order valence-electron chi connectivity index (χ4n) is 4.46. The van der Waals surface area contributed by atoms with Crippen molar-refractivity contribution in [2.45, 2.75) is 135 Å². The van der Waals surface area contributed by atoms with Gasteiger partial charge in [0.2, 0.25) is 11.8 Å². The molecule has 1 aromatic rings. The van der Waals surface area contributed by atoms with Gasteiger partial charge >= 0.3 is 0 Å². The van der Waals surface area contributed by atoms with Gasteiger partial charge < -0.3 is 15.4 Å². The molecule has 1 atom stereocenters. The molecule has 0 radical (unpaired) electrons. The van der Waals surface area contributed by atoms with Crippen LogP contribution in [0.25, 0.3) is 0 Å². The number of carbonyl (C=O) groups excluding carboxylic acids is 3. The quantitative estimate of drug-likeness (QED) is 0.0827. The first-order valence-corrected chi connectivity index (χ1v) is 16.0. The first-order valence-electron chi connectivity index (χ1n) is 15.1. The lowest BCUT2D eigenvalue weighted by Crippen LogP contribution is -2.37. The Kier molecular flexibility index (Phi) is 18.1. The molecule has 0 saturated heterocycles. The number of carbonyl (C=O) groups is 3. The van der Waals surface area contributed by atoms with Crippen LogP contribution in [-0.2, 0) is 14.4 Å². The fraction of sp³-hybridized carbons (Fsp3) is 0.719. The van der Waals surface area contributed by atoms with Crippen molar-refractivity contribution in [2.24, 2.45) is 5.41 Å². The summed E-state index contributed by atoms with van der Waals surface area (Å²) in [5.74, 6) is -0.290. The molecule has 0 fully saturated rings. The van der Waals surface area contributed by atoms with Gasteiger partial charge in [0, 0.05) is 17.5 Å². The molecule has 0 heterocycles. The monoisotopic (exact) mass is 608 g/mol. The van der Waals surface area contributed by atoms with Crippen LogP contribution in [-0.4, -0.2) is 29.5 Å². The summed E-state index contributed by atoms with van der Waals surface area (Å²) in [7, 11) is 1.51. The van der Waals surface area contributed by atoms with Crippen molar-refractivity contribution in [3.63, 3.8) is 0 Å². The standard InChI is InChI=1S/C32H53BrN2O4/c1-6-7-8-9-10-11-12-13-14-15-16-17-18-19-20-21-28(36)34-25-22-23-27(39-5)26(24-25)35-31(38)29(33)30(37)32(2,3)4/h22-24,29H,6-21H2,1-5H3,(H,34,36)(H,35,38). The summed E-state index contributed by atoms with van der Waals surface area (Å²) in [5.41, 5.74) is 0.321. The van der Waals surface area contributed by atoms with E-state index >= 15 is 0 Å². The van der Waals surface area contributed by atoms with E-state index in [0.717, 1.165) is 12.8 Å². The van der Waals surface area contributed by atoms with E-state index in [1.165, 1.54) is 90.6 Å². The molecule has 0 saturated carbocycles. The SMILES string of the molecule is CCCCCCCCCCCCCCCCCC(=O)Nc1ccc(OC)c(NC(=O)C(Br)C(=O)C(C)(C)C)c1. The predicted octanol–water partition coefficient (Wildman–Crippen LogP) is 9.21. The van der Waals surface area contributed by atoms with Crippen LogP contribution in [0.2, 0.25) is 0 Å². The van der Waals surface area contributed by atoms with E-state index in [9.17, 15) is 14.4 Å². The zero-order valence-corrected chi connectivity index (χ0v) is 26.7. The summed E-state index contributed by atoms with van der Waals surface area (Å²) in [5, 5.41) is 5.65. The highest BCUT2D eigenvalue weighted by Crippen LogP contribution is 2.29. The minimum absolute atomic E-state index is 0.0478. The molecule has 0 spiro atoms. The minimum Gasteiger partial charge on any atom is -0.495 e. The number of methoxy groups -OCH3 is 1. The highest BCUT2D eigenvalue weighted by Gasteiger charge is 2.33. The average molecular weight is 610 g/mol. The number of amides is 2. The minimum atomic E-state index is -0.981. The van der Waals surface area contributed by atoms with Crippen LogP contribution in [0.4, 0.5) is 11.4 Å². The highest BCUT2D eigenvalue weighted by atomic mass is 79.9. The van der Waals surface area contributed by atoms with E-state index in [2.05, 4.69) is 33.5 Å². The van der Waals surface area contributed by atoms with Crippen molar-refractivity contribution in [3.05, 3.63) is 18.2 Å². The Morgan fingerprint density at radius 3 is 1.74 bits per heavy atom. The van der Waals surface area contributed by atoms with Crippen LogP contribution in [0, 0.1) is 5.41 Å². The summed E-state index contributed by atoms with van der Waals surface area (Å²) in [6.45, 7) is 7.58. The number of benzene rings is 1. The van der Waals surface area contributed by atoms with Gasteiger partial charge in [0.25, 0.3) is 0 Å². The van der Waals surface area contributed by atoms with Gasteiger partial charge in [0.15, 0.2) is 10.6 Å². The van der Waals surface area contributed by atoms with Gasteiger partial charge in [0.05, 0.1) is 12.8 Å². The van der Waals surface area contributed by atoms with Crippen LogP contribution in [0.5, 0.6) is 5.75 Å². The normalized spacial score (nSPS) is 12.2. The summed E-state index contributed by atoms with van der Waals surface area (Å²) < 4.78 is 5.35. The van der Waals surface area contributed by atoms with E-state index in [1.54, 1.807) is 39.0 Å². The molecule has 222 valence electrons. The third-order valence-corrected chi connectivity index (χ3v) is 7.78. The maximum absolute atomic E-state index is 12.6. The lowest BCUT2D eigenvalue weighted by atomic mass is 9.89. The van der Waals surface area contributed by atoms with Gasteiger partial charge in [-0.05, 0) is 24.6 Å². The molecule has 6 nitrogen and oxygen atoms in total. The number of hydrogen-bond acceptors (Lipinski definition) is 4. The van der Waals surface area contributed by atoms with Gasteiger partial charge in [-0.1, -0.05) is 134 Å². The molecule has 39 heavy (non-hydrogen) atoms. The van der Waals surface area contributed by atoms with Crippen molar-refractivity contribution in [1.29, 1.82) is 0 Å². The zero-order valence-electron chi connectivity index (χ0n) is 25.1. The number of unbranched alkanes of at least 4 members (excludes halogenated alkanes) is 14. The summed E-state index contributed by atoms with van der Waals surface area (Å²) in [6.07, 6.45) is 19.8. The second-order valence-corrected chi connectivity index (χ2v) is 12.5. The first kappa shape index (κ1) is 35.1. The number of alkyl halides is 1. The smallest absolute Gasteiger partial charge is 0.245 e. The third kappa shape index (κ3) is 15.5. The van der Waals surface area contributed by atoms with Crippen molar-refractivity contribution in [2.75, 3.05) is 17.7 Å². The number of ketones is 1. The molecule has 2 N–H and O–H groups in total. The zero-order chi connectivity index (χ0) is 29.1. The molecule has 0 bridgehead atoms. The Balaban J connectivity index is 2.27. The molecule has 1 aromatic carbocycles. The van der Waals surface area contributed by atoms with E-state index < -0.39 is 16.1 Å². The molecule has 0 aromatic heterocycles. The molecule has 1 rings (SSSR count). The lowest BCUT2D eigenvalue weighted by Gasteiger charge is -2.21. The topological polar surface area (TPSA) is 84.5 Å². The second kappa shape index (κ2) is 20.1. The van der Waals surface area contributed by atoms with Crippen LogP contribution in [0.15, 0.2) is 18.2 Å². The summed E-state index contributed by atoms with van der Waals surface area (Å²) >= 11 is 3.21. The molecule has 2 amide bonds. The number of nitrogens with one attached hydrogen (secondary N) is 2. The molecule has 0 aliphatic carbocycles. The Morgan fingerprint density at radius 1 is 0.795 bits per heavy atom. The molecule has 0 aliphatic heterocycles. The Morgan fingerprint density at radius 2 is 1.28 bits per heavy atom. The number of ether oxygens (including phenoxy) is 1.